The molecule has 0 aromatic rings. The van der Waals surface area contributed by atoms with Crippen LogP contribution in [0.1, 0.15) is 116 Å². The average molecular weight is 303 g/mol. The monoisotopic (exact) mass is 302 g/mol. The zero-order chi connectivity index (χ0) is 15.3. The minimum absolute atomic E-state index is 1.33. The molecule has 2 aliphatic carbocycles. The molecule has 0 N–H and O–H groups in total. The largest absolute Gasteiger partial charge is 0.0811 e. The summed E-state index contributed by atoms with van der Waals surface area (Å²) in [4.78, 5) is 0. The second-order valence-electron chi connectivity index (χ2n) is 7.49. The van der Waals surface area contributed by atoms with Gasteiger partial charge in [-0.3, -0.25) is 0 Å². The highest BCUT2D eigenvalue weighted by Crippen LogP contribution is 2.27. The van der Waals surface area contributed by atoms with Crippen LogP contribution in [-0.2, 0) is 0 Å². The number of rotatable bonds is 1. The van der Waals surface area contributed by atoms with Gasteiger partial charge in [0.1, 0.15) is 0 Å². The second kappa shape index (κ2) is 12.0. The molecule has 0 saturated heterocycles. The highest BCUT2D eigenvalue weighted by molar-refractivity contribution is 5.31. The van der Waals surface area contributed by atoms with E-state index in [-0.39, 0.29) is 0 Å². The molecule has 0 aliphatic heterocycles. The fourth-order valence-electron chi connectivity index (χ4n) is 4.03. The third-order valence-corrected chi connectivity index (χ3v) is 5.49. The summed E-state index contributed by atoms with van der Waals surface area (Å²) < 4.78 is 0. The molecule has 2 rings (SSSR count). The lowest BCUT2D eigenvalue weighted by Crippen LogP contribution is -1.93. The summed E-state index contributed by atoms with van der Waals surface area (Å²) in [5, 5.41) is 0. The standard InChI is InChI=1S/C22H38/c1-2-6-10-14-18-21(17-13-9-5-1)22-19-15-11-7-3-4-8-12-16-20-22/h17,19H,1-16,18,20H2/b21-17+,22-19+. The molecule has 0 fully saturated rings. The first-order valence-electron chi connectivity index (χ1n) is 10.4. The number of hydrogen-bond donors (Lipinski definition) is 0. The van der Waals surface area contributed by atoms with Gasteiger partial charge in [-0.2, -0.15) is 0 Å². The zero-order valence-corrected chi connectivity index (χ0v) is 14.9. The Balaban J connectivity index is 1.97. The van der Waals surface area contributed by atoms with Crippen LogP contribution < -0.4 is 0 Å². The molecule has 126 valence electrons. The highest BCUT2D eigenvalue weighted by atomic mass is 14.1. The molecule has 0 heterocycles. The van der Waals surface area contributed by atoms with E-state index in [9.17, 15) is 0 Å². The normalized spacial score (nSPS) is 29.1. The first-order chi connectivity index (χ1) is 11.0. The summed E-state index contributed by atoms with van der Waals surface area (Å²) in [7, 11) is 0. The molecule has 0 aromatic carbocycles. The predicted octanol–water partition coefficient (Wildman–Crippen LogP) is 7.89. The Morgan fingerprint density at radius 1 is 0.364 bits per heavy atom. The lowest BCUT2D eigenvalue weighted by atomic mass is 9.93. The fourth-order valence-corrected chi connectivity index (χ4v) is 4.03. The smallest absolute Gasteiger partial charge is 0.0279 e. The van der Waals surface area contributed by atoms with Gasteiger partial charge in [0.15, 0.2) is 0 Å². The van der Waals surface area contributed by atoms with Crippen LogP contribution in [-0.4, -0.2) is 0 Å². The SMILES string of the molecule is C1=C(/C2=C/CCCCCCCCC2)CCCCCCCCC/1. The van der Waals surface area contributed by atoms with Crippen LogP contribution in [0.3, 0.4) is 0 Å². The Bertz CT molecular complexity index is 300. The average Bonchev–Trinajstić information content (AvgIpc) is 2.64. The molecule has 0 unspecified atom stereocenters. The van der Waals surface area contributed by atoms with Crippen molar-refractivity contribution in [3.63, 3.8) is 0 Å². The molecule has 0 bridgehead atoms. The molecule has 22 heavy (non-hydrogen) atoms. The van der Waals surface area contributed by atoms with Gasteiger partial charge in [0.25, 0.3) is 0 Å². The highest BCUT2D eigenvalue weighted by Gasteiger charge is 2.07. The lowest BCUT2D eigenvalue weighted by molar-refractivity contribution is 0.584. The summed E-state index contributed by atoms with van der Waals surface area (Å²) >= 11 is 0. The van der Waals surface area contributed by atoms with Crippen LogP contribution in [0.25, 0.3) is 0 Å². The van der Waals surface area contributed by atoms with Crippen LogP contribution in [0.4, 0.5) is 0 Å². The van der Waals surface area contributed by atoms with Crippen molar-refractivity contribution in [1.82, 2.24) is 0 Å². The Hall–Kier alpha value is -0.520. The maximum Gasteiger partial charge on any atom is -0.0279 e. The third-order valence-electron chi connectivity index (χ3n) is 5.49. The maximum atomic E-state index is 2.62. The van der Waals surface area contributed by atoms with Gasteiger partial charge in [0, 0.05) is 0 Å². The molecule has 0 atom stereocenters. The van der Waals surface area contributed by atoms with Gasteiger partial charge in [0.05, 0.1) is 0 Å². The van der Waals surface area contributed by atoms with Crippen molar-refractivity contribution < 1.29 is 0 Å². The molecular formula is C22H38. The van der Waals surface area contributed by atoms with E-state index in [1.54, 1.807) is 11.1 Å². The van der Waals surface area contributed by atoms with Gasteiger partial charge >= 0.3 is 0 Å². The van der Waals surface area contributed by atoms with Crippen molar-refractivity contribution in [3.8, 4) is 0 Å². The van der Waals surface area contributed by atoms with Crippen LogP contribution in [0.2, 0.25) is 0 Å². The van der Waals surface area contributed by atoms with E-state index >= 15 is 0 Å². The minimum Gasteiger partial charge on any atom is -0.0811 e. The van der Waals surface area contributed by atoms with Gasteiger partial charge in [0.2, 0.25) is 0 Å². The lowest BCUT2D eigenvalue weighted by Gasteiger charge is -2.13. The molecule has 0 radical (unpaired) electrons. The Kier molecular flexibility index (Phi) is 9.70. The van der Waals surface area contributed by atoms with E-state index in [0.717, 1.165) is 0 Å². The molecule has 0 heteroatoms. The maximum absolute atomic E-state index is 2.62. The number of allylic oxidation sites excluding steroid dienone is 4. The molecular weight excluding hydrogens is 264 g/mol. The Morgan fingerprint density at radius 2 is 0.682 bits per heavy atom. The summed E-state index contributed by atoms with van der Waals surface area (Å²) in [6.07, 6.45) is 30.9. The van der Waals surface area contributed by atoms with Crippen LogP contribution in [0.15, 0.2) is 23.3 Å². The van der Waals surface area contributed by atoms with E-state index in [2.05, 4.69) is 12.2 Å². The van der Waals surface area contributed by atoms with Gasteiger partial charge < -0.3 is 0 Å². The number of hydrogen-bond acceptors (Lipinski definition) is 0. The van der Waals surface area contributed by atoms with Gasteiger partial charge in [-0.15, -0.1) is 0 Å². The van der Waals surface area contributed by atoms with Crippen molar-refractivity contribution in [2.45, 2.75) is 116 Å². The molecule has 0 saturated carbocycles. The predicted molar refractivity (Wildman–Crippen MR) is 99.3 cm³/mol. The van der Waals surface area contributed by atoms with Crippen LogP contribution >= 0.6 is 0 Å². The summed E-state index contributed by atoms with van der Waals surface area (Å²) in [5.74, 6) is 0. The van der Waals surface area contributed by atoms with E-state index < -0.39 is 0 Å². The second-order valence-corrected chi connectivity index (χ2v) is 7.49. The third kappa shape index (κ3) is 7.65. The quantitative estimate of drug-likeness (QED) is 0.462. The summed E-state index contributed by atoms with van der Waals surface area (Å²) in [6, 6.07) is 0. The van der Waals surface area contributed by atoms with E-state index in [0.29, 0.717) is 0 Å². The Labute approximate surface area is 139 Å². The molecule has 0 nitrogen and oxygen atoms in total. The van der Waals surface area contributed by atoms with Crippen molar-refractivity contribution in [2.75, 3.05) is 0 Å². The van der Waals surface area contributed by atoms with Crippen LogP contribution in [0, 0.1) is 0 Å². The van der Waals surface area contributed by atoms with Gasteiger partial charge in [-0.25, -0.2) is 0 Å². The van der Waals surface area contributed by atoms with Crippen molar-refractivity contribution in [1.29, 1.82) is 0 Å². The minimum atomic E-state index is 1.33. The van der Waals surface area contributed by atoms with E-state index in [4.69, 9.17) is 0 Å². The summed E-state index contributed by atoms with van der Waals surface area (Å²) in [5.41, 5.74) is 3.47. The van der Waals surface area contributed by atoms with Crippen molar-refractivity contribution in [2.24, 2.45) is 0 Å². The molecule has 0 spiro atoms. The van der Waals surface area contributed by atoms with E-state index in [1.807, 2.05) is 0 Å². The van der Waals surface area contributed by atoms with Crippen molar-refractivity contribution in [3.05, 3.63) is 23.3 Å². The molecule has 0 aromatic heterocycles. The van der Waals surface area contributed by atoms with Crippen LogP contribution in [0.5, 0.6) is 0 Å². The topological polar surface area (TPSA) is 0 Å². The Morgan fingerprint density at radius 3 is 1.09 bits per heavy atom. The summed E-state index contributed by atoms with van der Waals surface area (Å²) in [6.45, 7) is 0. The van der Waals surface area contributed by atoms with E-state index in [1.165, 1.54) is 116 Å². The fraction of sp³-hybridized carbons (Fsp3) is 0.818. The first kappa shape index (κ1) is 17.8. The molecule has 2 aliphatic rings. The zero-order valence-electron chi connectivity index (χ0n) is 14.9. The van der Waals surface area contributed by atoms with Gasteiger partial charge in [-0.1, -0.05) is 76.4 Å². The van der Waals surface area contributed by atoms with Crippen molar-refractivity contribution >= 4 is 0 Å². The first-order valence-corrected chi connectivity index (χ1v) is 10.4. The van der Waals surface area contributed by atoms with Gasteiger partial charge in [-0.05, 0) is 62.5 Å². The molecule has 0 amide bonds.